The van der Waals surface area contributed by atoms with E-state index in [-0.39, 0.29) is 5.60 Å². The molecule has 1 aliphatic rings. The monoisotopic (exact) mass is 178 g/mol. The number of epoxide rings is 1. The van der Waals surface area contributed by atoms with E-state index >= 15 is 0 Å². The van der Waals surface area contributed by atoms with E-state index in [0.717, 1.165) is 18.8 Å². The molecular formula is C11H14O2. The van der Waals surface area contributed by atoms with Gasteiger partial charge < -0.3 is 9.47 Å². The SMILES string of the molecule is COc1ccc(CC2(C)CO2)cc1. The number of hydrogen-bond acceptors (Lipinski definition) is 2. The van der Waals surface area contributed by atoms with Gasteiger partial charge in [-0.3, -0.25) is 0 Å². The summed E-state index contributed by atoms with van der Waals surface area (Å²) in [5, 5.41) is 0. The molecule has 2 rings (SSSR count). The van der Waals surface area contributed by atoms with Crippen LogP contribution in [-0.4, -0.2) is 19.3 Å². The molecule has 1 atom stereocenters. The molecule has 0 amide bonds. The summed E-state index contributed by atoms with van der Waals surface area (Å²) in [5.74, 6) is 0.908. The molecule has 0 aliphatic carbocycles. The van der Waals surface area contributed by atoms with Crippen molar-refractivity contribution in [3.05, 3.63) is 29.8 Å². The molecule has 0 bridgehead atoms. The third-order valence-corrected chi connectivity index (χ3v) is 2.37. The van der Waals surface area contributed by atoms with Crippen molar-refractivity contribution in [3.8, 4) is 5.75 Å². The summed E-state index contributed by atoms with van der Waals surface area (Å²) in [6.45, 7) is 3.02. The van der Waals surface area contributed by atoms with Crippen LogP contribution in [0.4, 0.5) is 0 Å². The fourth-order valence-electron chi connectivity index (χ4n) is 1.40. The number of benzene rings is 1. The maximum Gasteiger partial charge on any atom is 0.118 e. The van der Waals surface area contributed by atoms with Crippen molar-refractivity contribution < 1.29 is 9.47 Å². The van der Waals surface area contributed by atoms with Crippen molar-refractivity contribution >= 4 is 0 Å². The van der Waals surface area contributed by atoms with Gasteiger partial charge in [-0.1, -0.05) is 12.1 Å². The highest BCUT2D eigenvalue weighted by Crippen LogP contribution is 2.30. The average Bonchev–Trinajstić information content (AvgIpc) is 2.85. The number of hydrogen-bond donors (Lipinski definition) is 0. The van der Waals surface area contributed by atoms with Gasteiger partial charge in [-0.15, -0.1) is 0 Å². The van der Waals surface area contributed by atoms with Crippen LogP contribution in [-0.2, 0) is 11.2 Å². The Labute approximate surface area is 78.5 Å². The van der Waals surface area contributed by atoms with E-state index in [9.17, 15) is 0 Å². The quantitative estimate of drug-likeness (QED) is 0.660. The summed E-state index contributed by atoms with van der Waals surface area (Å²) >= 11 is 0. The van der Waals surface area contributed by atoms with E-state index in [2.05, 4.69) is 19.1 Å². The van der Waals surface area contributed by atoms with E-state index in [1.54, 1.807) is 7.11 Å². The van der Waals surface area contributed by atoms with E-state index in [4.69, 9.17) is 9.47 Å². The Morgan fingerprint density at radius 2 is 2.00 bits per heavy atom. The lowest BCUT2D eigenvalue weighted by molar-refractivity contribution is 0.322. The van der Waals surface area contributed by atoms with E-state index in [1.807, 2.05) is 12.1 Å². The highest BCUT2D eigenvalue weighted by atomic mass is 16.6. The summed E-state index contributed by atoms with van der Waals surface area (Å²) in [5.41, 5.74) is 1.41. The van der Waals surface area contributed by atoms with Gasteiger partial charge >= 0.3 is 0 Å². The van der Waals surface area contributed by atoms with Crippen LogP contribution in [0.5, 0.6) is 5.75 Å². The standard InChI is InChI=1S/C11H14O2/c1-11(8-13-11)7-9-3-5-10(12-2)6-4-9/h3-6H,7-8H2,1-2H3. The van der Waals surface area contributed by atoms with Crippen molar-refractivity contribution in [1.29, 1.82) is 0 Å². The fourth-order valence-corrected chi connectivity index (χ4v) is 1.40. The Morgan fingerprint density at radius 1 is 1.38 bits per heavy atom. The van der Waals surface area contributed by atoms with Gasteiger partial charge in [0.2, 0.25) is 0 Å². The minimum Gasteiger partial charge on any atom is -0.497 e. The fraction of sp³-hybridized carbons (Fsp3) is 0.455. The van der Waals surface area contributed by atoms with Crippen LogP contribution in [0.15, 0.2) is 24.3 Å². The van der Waals surface area contributed by atoms with Gasteiger partial charge in [-0.25, -0.2) is 0 Å². The molecule has 0 N–H and O–H groups in total. The second kappa shape index (κ2) is 3.04. The lowest BCUT2D eigenvalue weighted by Crippen LogP contribution is -2.08. The number of methoxy groups -OCH3 is 1. The molecule has 0 spiro atoms. The van der Waals surface area contributed by atoms with Crippen LogP contribution in [0.3, 0.4) is 0 Å². The van der Waals surface area contributed by atoms with Crippen molar-refractivity contribution in [2.75, 3.05) is 13.7 Å². The van der Waals surface area contributed by atoms with E-state index in [1.165, 1.54) is 5.56 Å². The largest absolute Gasteiger partial charge is 0.497 e. The van der Waals surface area contributed by atoms with Crippen LogP contribution in [0.1, 0.15) is 12.5 Å². The Bertz CT molecular complexity index is 285. The molecule has 1 aromatic carbocycles. The van der Waals surface area contributed by atoms with Gasteiger partial charge in [-0.2, -0.15) is 0 Å². The minimum atomic E-state index is 0.106. The Balaban J connectivity index is 2.05. The first-order valence-corrected chi connectivity index (χ1v) is 4.49. The number of rotatable bonds is 3. The molecule has 1 aliphatic heterocycles. The van der Waals surface area contributed by atoms with Gasteiger partial charge in [0.05, 0.1) is 19.3 Å². The molecule has 2 heteroatoms. The zero-order valence-corrected chi connectivity index (χ0v) is 8.04. The highest BCUT2D eigenvalue weighted by Gasteiger charge is 2.38. The van der Waals surface area contributed by atoms with Crippen molar-refractivity contribution in [2.45, 2.75) is 18.9 Å². The first-order chi connectivity index (χ1) is 6.22. The maximum atomic E-state index is 5.33. The molecule has 13 heavy (non-hydrogen) atoms. The third-order valence-electron chi connectivity index (χ3n) is 2.37. The zero-order valence-electron chi connectivity index (χ0n) is 8.04. The molecule has 70 valence electrons. The topological polar surface area (TPSA) is 21.8 Å². The van der Waals surface area contributed by atoms with Crippen LogP contribution >= 0.6 is 0 Å². The molecule has 2 nitrogen and oxygen atoms in total. The first-order valence-electron chi connectivity index (χ1n) is 4.49. The normalized spacial score (nSPS) is 25.7. The van der Waals surface area contributed by atoms with Crippen LogP contribution < -0.4 is 4.74 Å². The predicted molar refractivity (Wildman–Crippen MR) is 51.1 cm³/mol. The summed E-state index contributed by atoms with van der Waals surface area (Å²) in [6, 6.07) is 8.15. The van der Waals surface area contributed by atoms with Crippen LogP contribution in [0.25, 0.3) is 0 Å². The Kier molecular flexibility index (Phi) is 2.00. The third kappa shape index (κ3) is 2.01. The lowest BCUT2D eigenvalue weighted by atomic mass is 10.0. The molecule has 1 heterocycles. The zero-order chi connectivity index (χ0) is 9.31. The summed E-state index contributed by atoms with van der Waals surface area (Å²) in [4.78, 5) is 0. The Morgan fingerprint density at radius 3 is 2.46 bits per heavy atom. The smallest absolute Gasteiger partial charge is 0.118 e. The van der Waals surface area contributed by atoms with Crippen LogP contribution in [0.2, 0.25) is 0 Å². The summed E-state index contributed by atoms with van der Waals surface area (Å²) < 4.78 is 10.4. The summed E-state index contributed by atoms with van der Waals surface area (Å²) in [7, 11) is 1.68. The maximum absolute atomic E-state index is 5.33. The first kappa shape index (κ1) is 8.57. The second-order valence-electron chi connectivity index (χ2n) is 3.76. The van der Waals surface area contributed by atoms with Crippen molar-refractivity contribution in [3.63, 3.8) is 0 Å². The second-order valence-corrected chi connectivity index (χ2v) is 3.76. The molecular weight excluding hydrogens is 164 g/mol. The number of ether oxygens (including phenoxy) is 2. The lowest BCUT2D eigenvalue weighted by Gasteiger charge is -2.05. The molecule has 0 radical (unpaired) electrons. The molecule has 1 aromatic rings. The predicted octanol–water partition coefficient (Wildman–Crippen LogP) is 2.03. The molecule has 0 saturated carbocycles. The summed E-state index contributed by atoms with van der Waals surface area (Å²) in [6.07, 6.45) is 0.997. The van der Waals surface area contributed by atoms with Gasteiger partial charge in [0.1, 0.15) is 5.75 Å². The molecule has 0 aromatic heterocycles. The van der Waals surface area contributed by atoms with Crippen molar-refractivity contribution in [1.82, 2.24) is 0 Å². The average molecular weight is 178 g/mol. The molecule has 1 fully saturated rings. The highest BCUT2D eigenvalue weighted by molar-refractivity contribution is 5.28. The van der Waals surface area contributed by atoms with Crippen LogP contribution in [0, 0.1) is 0 Å². The minimum absolute atomic E-state index is 0.106. The van der Waals surface area contributed by atoms with Crippen molar-refractivity contribution in [2.24, 2.45) is 0 Å². The van der Waals surface area contributed by atoms with Gasteiger partial charge in [0.15, 0.2) is 0 Å². The Hall–Kier alpha value is -1.02. The van der Waals surface area contributed by atoms with Gasteiger partial charge in [-0.05, 0) is 24.6 Å². The molecule has 1 saturated heterocycles. The van der Waals surface area contributed by atoms with Gasteiger partial charge in [0.25, 0.3) is 0 Å². The molecule has 1 unspecified atom stereocenters. The van der Waals surface area contributed by atoms with Gasteiger partial charge in [0, 0.05) is 6.42 Å². The van der Waals surface area contributed by atoms with E-state index in [0.29, 0.717) is 0 Å². The van der Waals surface area contributed by atoms with E-state index < -0.39 is 0 Å².